The number of carbonyl (C=O) groups is 1. The number of amides is 1. The topological polar surface area (TPSA) is 35.6 Å². The number of rotatable bonds is 2. The Balaban J connectivity index is 1.83. The van der Waals surface area contributed by atoms with Crippen molar-refractivity contribution in [1.82, 2.24) is 15.1 Å². The Bertz CT molecular complexity index is 261. The van der Waals surface area contributed by atoms with Gasteiger partial charge in [0.05, 0.1) is 0 Å². The summed E-state index contributed by atoms with van der Waals surface area (Å²) < 4.78 is 0. The summed E-state index contributed by atoms with van der Waals surface area (Å²) >= 11 is 0. The van der Waals surface area contributed by atoms with E-state index < -0.39 is 0 Å². The van der Waals surface area contributed by atoms with E-state index in [2.05, 4.69) is 29.0 Å². The minimum Gasteiger partial charge on any atom is -0.340 e. The maximum absolute atomic E-state index is 12.4. The summed E-state index contributed by atoms with van der Waals surface area (Å²) in [5.74, 6) is 0.661. The number of piperazine rings is 1. The van der Waals surface area contributed by atoms with Gasteiger partial charge in [-0.15, -0.1) is 0 Å². The van der Waals surface area contributed by atoms with Gasteiger partial charge in [0.2, 0.25) is 5.91 Å². The van der Waals surface area contributed by atoms with Gasteiger partial charge in [0, 0.05) is 38.1 Å². The molecule has 0 aromatic carbocycles. The molecule has 2 rings (SSSR count). The van der Waals surface area contributed by atoms with Gasteiger partial charge in [-0.25, -0.2) is 0 Å². The largest absolute Gasteiger partial charge is 0.340 e. The molecule has 2 aliphatic rings. The fourth-order valence-electron chi connectivity index (χ4n) is 2.90. The number of carbonyl (C=O) groups excluding carboxylic acids is 1. The molecule has 98 valence electrons. The molecular formula is C13H25N3O. The number of likely N-dealkylation sites (N-methyl/N-ethyl adjacent to an activating group) is 1. The lowest BCUT2D eigenvalue weighted by molar-refractivity contribution is -0.138. The molecule has 0 bridgehead atoms. The number of hydrogen-bond donors (Lipinski definition) is 1. The molecule has 0 aromatic heterocycles. The highest BCUT2D eigenvalue weighted by Crippen LogP contribution is 2.19. The van der Waals surface area contributed by atoms with Crippen LogP contribution in [0.3, 0.4) is 0 Å². The van der Waals surface area contributed by atoms with Gasteiger partial charge in [0.25, 0.3) is 0 Å². The van der Waals surface area contributed by atoms with E-state index in [1.54, 1.807) is 0 Å². The summed E-state index contributed by atoms with van der Waals surface area (Å²) in [6.45, 7) is 10.4. The van der Waals surface area contributed by atoms with E-state index in [1.807, 2.05) is 0 Å². The zero-order chi connectivity index (χ0) is 12.3. The number of hydrogen-bond acceptors (Lipinski definition) is 3. The summed E-state index contributed by atoms with van der Waals surface area (Å²) in [4.78, 5) is 16.9. The Hall–Kier alpha value is -0.610. The second-order valence-corrected chi connectivity index (χ2v) is 5.34. The van der Waals surface area contributed by atoms with Crippen molar-refractivity contribution in [2.75, 3.05) is 39.3 Å². The molecule has 0 saturated carbocycles. The molecule has 17 heavy (non-hydrogen) atoms. The molecule has 2 unspecified atom stereocenters. The lowest BCUT2D eigenvalue weighted by atomic mass is 9.92. The van der Waals surface area contributed by atoms with E-state index in [-0.39, 0.29) is 5.92 Å². The highest BCUT2D eigenvalue weighted by molar-refractivity contribution is 5.79. The molecule has 0 aromatic rings. The second-order valence-electron chi connectivity index (χ2n) is 5.34. The Morgan fingerprint density at radius 2 is 2.00 bits per heavy atom. The van der Waals surface area contributed by atoms with Crippen molar-refractivity contribution >= 4 is 5.91 Å². The molecule has 0 aliphatic carbocycles. The van der Waals surface area contributed by atoms with Gasteiger partial charge in [-0.2, -0.15) is 0 Å². The molecule has 1 amide bonds. The Labute approximate surface area is 104 Å². The first-order chi connectivity index (χ1) is 8.20. The first-order valence-corrected chi connectivity index (χ1v) is 6.95. The third-order valence-corrected chi connectivity index (χ3v) is 4.10. The van der Waals surface area contributed by atoms with E-state index in [4.69, 9.17) is 0 Å². The monoisotopic (exact) mass is 239 g/mol. The Morgan fingerprint density at radius 3 is 2.59 bits per heavy atom. The summed E-state index contributed by atoms with van der Waals surface area (Å²) in [5, 5.41) is 3.41. The van der Waals surface area contributed by atoms with Crippen molar-refractivity contribution in [3.63, 3.8) is 0 Å². The number of piperidine rings is 1. The van der Waals surface area contributed by atoms with Crippen LogP contribution in [-0.4, -0.2) is 61.0 Å². The average molecular weight is 239 g/mol. The van der Waals surface area contributed by atoms with Crippen molar-refractivity contribution in [2.24, 2.45) is 5.92 Å². The second kappa shape index (κ2) is 5.83. The Morgan fingerprint density at radius 1 is 1.29 bits per heavy atom. The molecule has 2 atom stereocenters. The van der Waals surface area contributed by atoms with E-state index in [1.165, 1.54) is 0 Å². The van der Waals surface area contributed by atoms with Gasteiger partial charge in [0.15, 0.2) is 0 Å². The molecule has 2 fully saturated rings. The quantitative estimate of drug-likeness (QED) is 0.764. The maximum Gasteiger partial charge on any atom is 0.225 e. The van der Waals surface area contributed by atoms with Gasteiger partial charge in [-0.1, -0.05) is 6.92 Å². The number of nitrogens with zero attached hydrogens (tertiary/aromatic N) is 2. The van der Waals surface area contributed by atoms with Crippen LogP contribution >= 0.6 is 0 Å². The highest BCUT2D eigenvalue weighted by atomic mass is 16.2. The normalized spacial score (nSPS) is 31.5. The average Bonchev–Trinajstić information content (AvgIpc) is 2.38. The summed E-state index contributed by atoms with van der Waals surface area (Å²) in [7, 11) is 0. The molecule has 0 radical (unpaired) electrons. The lowest BCUT2D eigenvalue weighted by Crippen LogP contribution is -2.52. The molecule has 4 heteroatoms. The molecule has 2 heterocycles. The van der Waals surface area contributed by atoms with Crippen LogP contribution in [0.5, 0.6) is 0 Å². The molecule has 2 saturated heterocycles. The van der Waals surface area contributed by atoms with Crippen LogP contribution in [0.4, 0.5) is 0 Å². The van der Waals surface area contributed by atoms with E-state index in [9.17, 15) is 4.79 Å². The van der Waals surface area contributed by atoms with Crippen molar-refractivity contribution < 1.29 is 4.79 Å². The van der Waals surface area contributed by atoms with Gasteiger partial charge >= 0.3 is 0 Å². The first-order valence-electron chi connectivity index (χ1n) is 6.95. The summed E-state index contributed by atoms with van der Waals surface area (Å²) in [6.07, 6.45) is 2.02. The summed E-state index contributed by atoms with van der Waals surface area (Å²) in [6, 6.07) is 0.495. The van der Waals surface area contributed by atoms with E-state index in [0.717, 1.165) is 52.1 Å². The molecule has 0 spiro atoms. The predicted octanol–water partition coefficient (Wildman–Crippen LogP) is 0.539. The van der Waals surface area contributed by atoms with Gasteiger partial charge in [-0.3, -0.25) is 4.79 Å². The minimum atomic E-state index is 0.263. The lowest BCUT2D eigenvalue weighted by Gasteiger charge is -2.37. The molecule has 4 nitrogen and oxygen atoms in total. The number of nitrogens with one attached hydrogen (secondary N) is 1. The third kappa shape index (κ3) is 3.19. The van der Waals surface area contributed by atoms with Crippen LogP contribution in [0, 0.1) is 5.92 Å². The third-order valence-electron chi connectivity index (χ3n) is 4.10. The zero-order valence-electron chi connectivity index (χ0n) is 11.1. The van der Waals surface area contributed by atoms with E-state index in [0.29, 0.717) is 11.9 Å². The Kier molecular flexibility index (Phi) is 4.40. The van der Waals surface area contributed by atoms with Crippen LogP contribution in [-0.2, 0) is 4.79 Å². The predicted molar refractivity (Wildman–Crippen MR) is 68.9 cm³/mol. The fraction of sp³-hybridized carbons (Fsp3) is 0.923. The smallest absolute Gasteiger partial charge is 0.225 e. The van der Waals surface area contributed by atoms with Crippen LogP contribution < -0.4 is 5.32 Å². The van der Waals surface area contributed by atoms with Crippen LogP contribution in [0.15, 0.2) is 0 Å². The van der Waals surface area contributed by atoms with Gasteiger partial charge in [-0.05, 0) is 32.9 Å². The van der Waals surface area contributed by atoms with E-state index >= 15 is 0 Å². The molecule has 2 aliphatic heterocycles. The molecule has 1 N–H and O–H groups in total. The zero-order valence-corrected chi connectivity index (χ0v) is 11.1. The van der Waals surface area contributed by atoms with Crippen molar-refractivity contribution in [3.05, 3.63) is 0 Å². The van der Waals surface area contributed by atoms with Crippen molar-refractivity contribution in [3.8, 4) is 0 Å². The van der Waals surface area contributed by atoms with Crippen molar-refractivity contribution in [1.29, 1.82) is 0 Å². The standard InChI is InChI=1S/C13H25N3O/c1-3-15-6-8-16(9-7-15)13(17)12-4-5-14-11(2)10-12/h11-12,14H,3-10H2,1-2H3. The van der Waals surface area contributed by atoms with Gasteiger partial charge in [0.1, 0.15) is 0 Å². The minimum absolute atomic E-state index is 0.263. The highest BCUT2D eigenvalue weighted by Gasteiger charge is 2.29. The van der Waals surface area contributed by atoms with Crippen LogP contribution in [0.1, 0.15) is 26.7 Å². The van der Waals surface area contributed by atoms with Crippen LogP contribution in [0.25, 0.3) is 0 Å². The fourth-order valence-corrected chi connectivity index (χ4v) is 2.90. The molecular weight excluding hydrogens is 214 g/mol. The SMILES string of the molecule is CCN1CCN(C(=O)C2CCNC(C)C2)CC1. The van der Waals surface area contributed by atoms with Crippen molar-refractivity contribution in [2.45, 2.75) is 32.7 Å². The first kappa shape index (κ1) is 12.8. The van der Waals surface area contributed by atoms with Crippen LogP contribution in [0.2, 0.25) is 0 Å². The maximum atomic E-state index is 12.4. The summed E-state index contributed by atoms with van der Waals surface area (Å²) in [5.41, 5.74) is 0. The van der Waals surface area contributed by atoms with Gasteiger partial charge < -0.3 is 15.1 Å².